The zero-order chi connectivity index (χ0) is 19.3. The second-order valence-corrected chi connectivity index (χ2v) is 6.07. The van der Waals surface area contributed by atoms with Crippen LogP contribution in [0.4, 0.5) is 5.69 Å². The summed E-state index contributed by atoms with van der Waals surface area (Å²) in [6.45, 7) is 0. The Bertz CT molecular complexity index is 1210. The van der Waals surface area contributed by atoms with E-state index in [2.05, 4.69) is 10.3 Å². The molecule has 5 heteroatoms. The van der Waals surface area contributed by atoms with Gasteiger partial charge in [-0.15, -0.1) is 0 Å². The highest BCUT2D eigenvalue weighted by Gasteiger charge is 2.13. The molecular formula is C23H15N3O2. The molecule has 2 heterocycles. The molecule has 2 aromatic carbocycles. The largest absolute Gasteiger partial charge is 0.457 e. The van der Waals surface area contributed by atoms with Gasteiger partial charge in [-0.2, -0.15) is 5.26 Å². The second-order valence-electron chi connectivity index (χ2n) is 6.07. The van der Waals surface area contributed by atoms with Gasteiger partial charge in [0.2, 0.25) is 0 Å². The summed E-state index contributed by atoms with van der Waals surface area (Å²) in [5.41, 5.74) is 2.09. The van der Waals surface area contributed by atoms with E-state index in [0.29, 0.717) is 22.7 Å². The van der Waals surface area contributed by atoms with Crippen LogP contribution < -0.4 is 5.32 Å². The first kappa shape index (κ1) is 17.3. The highest BCUT2D eigenvalue weighted by atomic mass is 16.3. The van der Waals surface area contributed by atoms with Gasteiger partial charge in [0, 0.05) is 23.2 Å². The average Bonchev–Trinajstić information content (AvgIpc) is 3.21. The van der Waals surface area contributed by atoms with Gasteiger partial charge in [-0.1, -0.05) is 48.5 Å². The summed E-state index contributed by atoms with van der Waals surface area (Å²) in [6.07, 6.45) is 3.09. The number of pyridine rings is 1. The number of benzene rings is 2. The Morgan fingerprint density at radius 1 is 1.00 bits per heavy atom. The lowest BCUT2D eigenvalue weighted by molar-refractivity contribution is -0.112. The number of para-hydroxylation sites is 1. The van der Waals surface area contributed by atoms with Crippen molar-refractivity contribution in [2.24, 2.45) is 0 Å². The minimum absolute atomic E-state index is 0.0538. The van der Waals surface area contributed by atoms with Gasteiger partial charge >= 0.3 is 0 Å². The predicted molar refractivity (Wildman–Crippen MR) is 108 cm³/mol. The maximum absolute atomic E-state index is 12.6. The normalized spacial score (nSPS) is 11.2. The molecule has 0 fully saturated rings. The number of aromatic nitrogens is 1. The van der Waals surface area contributed by atoms with Crippen molar-refractivity contribution >= 4 is 28.6 Å². The fraction of sp³-hybridized carbons (Fsp3) is 0. The number of hydrogen-bond acceptors (Lipinski definition) is 4. The first-order valence-electron chi connectivity index (χ1n) is 8.67. The Hall–Kier alpha value is -4.17. The minimum Gasteiger partial charge on any atom is -0.457 e. The van der Waals surface area contributed by atoms with Crippen LogP contribution in [0.3, 0.4) is 0 Å². The van der Waals surface area contributed by atoms with Crippen molar-refractivity contribution in [3.63, 3.8) is 0 Å². The fourth-order valence-electron chi connectivity index (χ4n) is 2.87. The molecular weight excluding hydrogens is 350 g/mol. The van der Waals surface area contributed by atoms with Gasteiger partial charge in [0.25, 0.3) is 5.91 Å². The van der Waals surface area contributed by atoms with Crippen LogP contribution in [0.2, 0.25) is 0 Å². The second kappa shape index (κ2) is 7.60. The topological polar surface area (TPSA) is 78.9 Å². The zero-order valence-corrected chi connectivity index (χ0v) is 14.8. The molecule has 1 amide bonds. The molecule has 0 spiro atoms. The third-order valence-corrected chi connectivity index (χ3v) is 4.22. The molecule has 0 radical (unpaired) electrons. The molecule has 2 aromatic heterocycles. The van der Waals surface area contributed by atoms with Crippen molar-refractivity contribution < 1.29 is 9.21 Å². The lowest BCUT2D eigenvalue weighted by Gasteiger charge is -2.07. The molecule has 134 valence electrons. The number of nitrogens with zero attached hydrogens (tertiary/aromatic N) is 2. The zero-order valence-electron chi connectivity index (χ0n) is 14.8. The van der Waals surface area contributed by atoms with E-state index in [1.54, 1.807) is 18.3 Å². The van der Waals surface area contributed by atoms with Crippen molar-refractivity contribution in [1.82, 2.24) is 4.98 Å². The van der Waals surface area contributed by atoms with E-state index in [4.69, 9.17) is 4.42 Å². The molecule has 0 atom stereocenters. The van der Waals surface area contributed by atoms with Gasteiger partial charge in [-0.05, 0) is 24.3 Å². The lowest BCUT2D eigenvalue weighted by Crippen LogP contribution is -2.13. The number of hydrogen-bond donors (Lipinski definition) is 1. The van der Waals surface area contributed by atoms with Crippen molar-refractivity contribution in [3.05, 3.63) is 90.3 Å². The molecule has 0 bridgehead atoms. The van der Waals surface area contributed by atoms with Gasteiger partial charge in [0.15, 0.2) is 0 Å². The monoisotopic (exact) mass is 365 g/mol. The van der Waals surface area contributed by atoms with Crippen LogP contribution in [-0.2, 0) is 4.79 Å². The molecule has 0 aliphatic heterocycles. The molecule has 0 saturated carbocycles. The van der Waals surface area contributed by atoms with Crippen molar-refractivity contribution in [2.75, 3.05) is 5.32 Å². The van der Waals surface area contributed by atoms with Crippen LogP contribution in [0, 0.1) is 11.3 Å². The molecule has 0 aliphatic carbocycles. The van der Waals surface area contributed by atoms with Gasteiger partial charge in [0.05, 0.1) is 11.2 Å². The number of anilines is 1. The minimum atomic E-state index is -0.515. The van der Waals surface area contributed by atoms with Crippen LogP contribution in [0.1, 0.15) is 5.76 Å². The van der Waals surface area contributed by atoms with E-state index >= 15 is 0 Å². The highest BCUT2D eigenvalue weighted by Crippen LogP contribution is 2.24. The van der Waals surface area contributed by atoms with E-state index < -0.39 is 5.91 Å². The molecule has 0 unspecified atom stereocenters. The number of furan rings is 1. The predicted octanol–water partition coefficient (Wildman–Crippen LogP) is 5.04. The Labute approximate surface area is 161 Å². The summed E-state index contributed by atoms with van der Waals surface area (Å²) in [5, 5.41) is 13.1. The Kier molecular flexibility index (Phi) is 4.68. The Balaban J connectivity index is 1.59. The van der Waals surface area contributed by atoms with Crippen molar-refractivity contribution in [1.29, 1.82) is 5.26 Å². The molecule has 4 aromatic rings. The van der Waals surface area contributed by atoms with Gasteiger partial charge < -0.3 is 9.73 Å². The van der Waals surface area contributed by atoms with E-state index in [1.165, 1.54) is 6.08 Å². The molecule has 5 nitrogen and oxygen atoms in total. The quantitative estimate of drug-likeness (QED) is 0.406. The number of amides is 1. The summed E-state index contributed by atoms with van der Waals surface area (Å²) in [5.74, 6) is 0.586. The lowest BCUT2D eigenvalue weighted by atomic mass is 10.1. The molecule has 0 aliphatic rings. The van der Waals surface area contributed by atoms with Crippen LogP contribution in [0.15, 0.2) is 89.0 Å². The number of rotatable bonds is 4. The van der Waals surface area contributed by atoms with E-state index in [1.807, 2.05) is 66.7 Å². The Morgan fingerprint density at radius 2 is 1.82 bits per heavy atom. The number of carbonyl (C=O) groups is 1. The summed E-state index contributed by atoms with van der Waals surface area (Å²) >= 11 is 0. The van der Waals surface area contributed by atoms with Crippen LogP contribution in [0.5, 0.6) is 0 Å². The number of fused-ring (bicyclic) bond motifs is 1. The third-order valence-electron chi connectivity index (χ3n) is 4.22. The maximum Gasteiger partial charge on any atom is 0.266 e. The Morgan fingerprint density at radius 3 is 2.64 bits per heavy atom. The van der Waals surface area contributed by atoms with Crippen LogP contribution in [0.25, 0.3) is 28.3 Å². The number of nitrogens with one attached hydrogen (secondary N) is 1. The maximum atomic E-state index is 12.6. The summed E-state index contributed by atoms with van der Waals surface area (Å²) in [4.78, 5) is 16.9. The molecule has 0 saturated heterocycles. The fourth-order valence-corrected chi connectivity index (χ4v) is 2.87. The van der Waals surface area contributed by atoms with Crippen molar-refractivity contribution in [2.45, 2.75) is 0 Å². The standard InChI is InChI=1S/C23H15N3O2/c24-15-18(14-19-11-12-21(28-19)16-6-2-1-3-7-16)23(27)26-20-10-4-8-17-9-5-13-25-22(17)20/h1-14H,(H,26,27)/b18-14+. The van der Waals surface area contributed by atoms with Crippen molar-refractivity contribution in [3.8, 4) is 17.4 Å². The first-order chi connectivity index (χ1) is 13.7. The van der Waals surface area contributed by atoms with Gasteiger partial charge in [-0.3, -0.25) is 9.78 Å². The van der Waals surface area contributed by atoms with E-state index in [-0.39, 0.29) is 5.57 Å². The van der Waals surface area contributed by atoms with Crippen LogP contribution in [-0.4, -0.2) is 10.9 Å². The van der Waals surface area contributed by atoms with E-state index in [9.17, 15) is 10.1 Å². The average molecular weight is 365 g/mol. The summed E-state index contributed by atoms with van der Waals surface area (Å²) in [6, 6.07) is 24.3. The highest BCUT2D eigenvalue weighted by molar-refractivity contribution is 6.12. The smallest absolute Gasteiger partial charge is 0.266 e. The van der Waals surface area contributed by atoms with Gasteiger partial charge in [-0.25, -0.2) is 0 Å². The van der Waals surface area contributed by atoms with Gasteiger partial charge in [0.1, 0.15) is 23.2 Å². The van der Waals surface area contributed by atoms with E-state index in [0.717, 1.165) is 10.9 Å². The SMILES string of the molecule is N#C/C(=C\c1ccc(-c2ccccc2)o1)C(=O)Nc1cccc2cccnc12. The van der Waals surface area contributed by atoms with Crippen LogP contribution >= 0.6 is 0 Å². The molecule has 4 rings (SSSR count). The summed E-state index contributed by atoms with van der Waals surface area (Å²) < 4.78 is 5.75. The number of nitriles is 1. The molecule has 28 heavy (non-hydrogen) atoms. The molecule has 1 N–H and O–H groups in total. The summed E-state index contributed by atoms with van der Waals surface area (Å²) in [7, 11) is 0. The number of carbonyl (C=O) groups excluding carboxylic acids is 1. The first-order valence-corrected chi connectivity index (χ1v) is 8.67. The third kappa shape index (κ3) is 3.53.